The van der Waals surface area contributed by atoms with Crippen molar-refractivity contribution in [3.8, 4) is 5.75 Å². The zero-order valence-corrected chi connectivity index (χ0v) is 14.4. The van der Waals surface area contributed by atoms with Crippen molar-refractivity contribution >= 4 is 12.2 Å². The van der Waals surface area contributed by atoms with Crippen molar-refractivity contribution in [1.29, 1.82) is 0 Å². The Kier molecular flexibility index (Phi) is 6.89. The first-order chi connectivity index (χ1) is 11.2. The van der Waals surface area contributed by atoms with E-state index in [2.05, 4.69) is 62.1 Å². The average Bonchev–Trinajstić information content (AvgIpc) is 2.60. The maximum atomic E-state index is 6.00. The fourth-order valence-corrected chi connectivity index (χ4v) is 2.53. The molecule has 2 nitrogen and oxygen atoms in total. The fraction of sp³-hybridized carbons (Fsp3) is 0.333. The van der Waals surface area contributed by atoms with Gasteiger partial charge in [-0.05, 0) is 43.3 Å². The van der Waals surface area contributed by atoms with Crippen LogP contribution in [0.2, 0.25) is 0 Å². The topological polar surface area (TPSA) is 12.5 Å². The summed E-state index contributed by atoms with van der Waals surface area (Å²) in [5, 5.41) is 0. The number of hydrogen-bond donors (Lipinski definition) is 0. The highest BCUT2D eigenvalue weighted by molar-refractivity contribution is 5.69. The Morgan fingerprint density at radius 3 is 2.00 bits per heavy atom. The third kappa shape index (κ3) is 5.91. The lowest BCUT2D eigenvalue weighted by atomic mass is 10.1. The van der Waals surface area contributed by atoms with Crippen LogP contribution in [-0.4, -0.2) is 30.6 Å². The van der Waals surface area contributed by atoms with Crippen molar-refractivity contribution in [2.24, 2.45) is 0 Å². The lowest BCUT2D eigenvalue weighted by molar-refractivity contribution is 0.153. The first kappa shape index (κ1) is 17.3. The van der Waals surface area contributed by atoms with E-state index in [1.54, 1.807) is 0 Å². The largest absolute Gasteiger partial charge is 0.489 e. The quantitative estimate of drug-likeness (QED) is 0.639. The van der Waals surface area contributed by atoms with Crippen LogP contribution in [0.5, 0.6) is 5.75 Å². The van der Waals surface area contributed by atoms with E-state index in [9.17, 15) is 0 Å². The molecule has 2 aromatic carbocycles. The molecule has 0 N–H and O–H groups in total. The molecule has 0 aliphatic carbocycles. The molecule has 0 aliphatic rings. The van der Waals surface area contributed by atoms with Crippen LogP contribution >= 0.6 is 0 Å². The molecule has 0 heterocycles. The van der Waals surface area contributed by atoms with E-state index in [0.717, 1.165) is 25.4 Å². The van der Waals surface area contributed by atoms with Gasteiger partial charge < -0.3 is 9.64 Å². The monoisotopic (exact) mass is 309 g/mol. The molecule has 23 heavy (non-hydrogen) atoms. The van der Waals surface area contributed by atoms with Crippen molar-refractivity contribution in [1.82, 2.24) is 4.90 Å². The molecule has 0 aromatic heterocycles. The van der Waals surface area contributed by atoms with Crippen LogP contribution in [0.15, 0.2) is 54.6 Å². The van der Waals surface area contributed by atoms with E-state index >= 15 is 0 Å². The molecular formula is C21H27NO. The third-order valence-electron chi connectivity index (χ3n) is 3.89. The molecule has 0 aliphatic heterocycles. The van der Waals surface area contributed by atoms with Crippen LogP contribution in [0.1, 0.15) is 31.9 Å². The van der Waals surface area contributed by atoms with E-state index in [1.807, 2.05) is 30.3 Å². The number of hydrogen-bond acceptors (Lipinski definition) is 2. The van der Waals surface area contributed by atoms with Gasteiger partial charge in [-0.2, -0.15) is 0 Å². The van der Waals surface area contributed by atoms with Gasteiger partial charge in [0, 0.05) is 6.54 Å². The second-order valence-corrected chi connectivity index (χ2v) is 5.73. The Bertz CT molecular complexity index is 585. The smallest absolute Gasteiger partial charge is 0.119 e. The lowest BCUT2D eigenvalue weighted by Crippen LogP contribution is -2.33. The molecule has 0 radical (unpaired) electrons. The lowest BCUT2D eigenvalue weighted by Gasteiger charge is -2.23. The molecular weight excluding hydrogens is 282 g/mol. The van der Waals surface area contributed by atoms with Crippen molar-refractivity contribution in [2.45, 2.75) is 26.9 Å². The predicted molar refractivity (Wildman–Crippen MR) is 99.7 cm³/mol. The summed E-state index contributed by atoms with van der Waals surface area (Å²) < 4.78 is 6.00. The summed E-state index contributed by atoms with van der Waals surface area (Å²) in [7, 11) is 0. The van der Waals surface area contributed by atoms with Gasteiger partial charge in [-0.15, -0.1) is 0 Å². The molecule has 0 fully saturated rings. The van der Waals surface area contributed by atoms with Gasteiger partial charge in [-0.1, -0.05) is 68.5 Å². The van der Waals surface area contributed by atoms with Gasteiger partial charge >= 0.3 is 0 Å². The van der Waals surface area contributed by atoms with E-state index in [0.29, 0.717) is 0 Å². The zero-order valence-electron chi connectivity index (χ0n) is 14.4. The minimum atomic E-state index is 0.195. The molecule has 1 atom stereocenters. The highest BCUT2D eigenvalue weighted by Gasteiger charge is 2.08. The normalized spacial score (nSPS) is 12.7. The Labute approximate surface area is 140 Å². The summed E-state index contributed by atoms with van der Waals surface area (Å²) in [6, 6.07) is 18.6. The average molecular weight is 309 g/mol. The Balaban J connectivity index is 1.90. The maximum Gasteiger partial charge on any atom is 0.119 e. The molecule has 0 spiro atoms. The van der Waals surface area contributed by atoms with Gasteiger partial charge in [0.15, 0.2) is 0 Å². The molecule has 0 saturated carbocycles. The third-order valence-corrected chi connectivity index (χ3v) is 3.89. The highest BCUT2D eigenvalue weighted by Crippen LogP contribution is 2.16. The number of likely N-dealkylation sites (N-methyl/N-ethyl adjacent to an activating group) is 1. The van der Waals surface area contributed by atoms with Crippen molar-refractivity contribution < 1.29 is 4.74 Å². The standard InChI is InChI=1S/C21H27NO/c1-4-22(5-2)17-18(3)23-21-15-13-20(14-16-21)12-11-19-9-7-6-8-10-19/h6-16,18H,4-5,17H2,1-3H3/b12-11+. The number of nitrogens with zero attached hydrogens (tertiary/aromatic N) is 1. The van der Waals surface area contributed by atoms with Crippen LogP contribution in [0.4, 0.5) is 0 Å². The van der Waals surface area contributed by atoms with E-state index in [4.69, 9.17) is 4.74 Å². The van der Waals surface area contributed by atoms with Crippen LogP contribution in [0, 0.1) is 0 Å². The van der Waals surface area contributed by atoms with E-state index < -0.39 is 0 Å². The van der Waals surface area contributed by atoms with Crippen LogP contribution in [-0.2, 0) is 0 Å². The maximum absolute atomic E-state index is 6.00. The predicted octanol–water partition coefficient (Wildman–Crippen LogP) is 4.97. The zero-order chi connectivity index (χ0) is 16.5. The fourth-order valence-electron chi connectivity index (χ4n) is 2.53. The van der Waals surface area contributed by atoms with Gasteiger partial charge in [0.25, 0.3) is 0 Å². The summed E-state index contributed by atoms with van der Waals surface area (Å²) in [6.07, 6.45) is 4.44. The first-order valence-electron chi connectivity index (χ1n) is 8.43. The summed E-state index contributed by atoms with van der Waals surface area (Å²) in [5.74, 6) is 0.932. The summed E-state index contributed by atoms with van der Waals surface area (Å²) in [6.45, 7) is 9.58. The SMILES string of the molecule is CCN(CC)CC(C)Oc1ccc(/C=C/c2ccccc2)cc1. The first-order valence-corrected chi connectivity index (χ1v) is 8.43. The molecule has 2 heteroatoms. The molecule has 2 aromatic rings. The summed E-state index contributed by atoms with van der Waals surface area (Å²) in [5.41, 5.74) is 2.39. The van der Waals surface area contributed by atoms with Gasteiger partial charge in [-0.3, -0.25) is 0 Å². The van der Waals surface area contributed by atoms with Crippen molar-refractivity contribution in [3.63, 3.8) is 0 Å². The molecule has 0 saturated heterocycles. The van der Waals surface area contributed by atoms with Crippen molar-refractivity contribution in [2.75, 3.05) is 19.6 Å². The molecule has 122 valence electrons. The Hall–Kier alpha value is -2.06. The van der Waals surface area contributed by atoms with Gasteiger partial charge in [0.05, 0.1) is 0 Å². The van der Waals surface area contributed by atoms with Gasteiger partial charge in [0.2, 0.25) is 0 Å². The minimum Gasteiger partial charge on any atom is -0.489 e. The second-order valence-electron chi connectivity index (χ2n) is 5.73. The molecule has 2 rings (SSSR count). The van der Waals surface area contributed by atoms with Gasteiger partial charge in [-0.25, -0.2) is 0 Å². The molecule has 0 bridgehead atoms. The summed E-state index contributed by atoms with van der Waals surface area (Å²) in [4.78, 5) is 2.38. The highest BCUT2D eigenvalue weighted by atomic mass is 16.5. The Morgan fingerprint density at radius 2 is 1.43 bits per heavy atom. The number of benzene rings is 2. The summed E-state index contributed by atoms with van der Waals surface area (Å²) >= 11 is 0. The van der Waals surface area contributed by atoms with Crippen LogP contribution in [0.25, 0.3) is 12.2 Å². The number of ether oxygens (including phenoxy) is 1. The van der Waals surface area contributed by atoms with Crippen LogP contribution in [0.3, 0.4) is 0 Å². The van der Waals surface area contributed by atoms with E-state index in [1.165, 1.54) is 11.1 Å². The minimum absolute atomic E-state index is 0.195. The Morgan fingerprint density at radius 1 is 0.870 bits per heavy atom. The molecule has 1 unspecified atom stereocenters. The van der Waals surface area contributed by atoms with Gasteiger partial charge in [0.1, 0.15) is 11.9 Å². The van der Waals surface area contributed by atoms with E-state index in [-0.39, 0.29) is 6.10 Å². The van der Waals surface area contributed by atoms with Crippen LogP contribution < -0.4 is 4.74 Å². The second kappa shape index (κ2) is 9.16. The molecule has 0 amide bonds. The number of rotatable bonds is 8. The van der Waals surface area contributed by atoms with Crippen molar-refractivity contribution in [3.05, 3.63) is 65.7 Å².